The van der Waals surface area contributed by atoms with Crippen molar-refractivity contribution < 1.29 is 27.9 Å². The van der Waals surface area contributed by atoms with Gasteiger partial charge in [0.15, 0.2) is 0 Å². The Kier molecular flexibility index (Phi) is 6.30. The largest absolute Gasteiger partial charge is 0.480 e. The number of benzene rings is 2. The van der Waals surface area contributed by atoms with Gasteiger partial charge >= 0.3 is 12.1 Å². The van der Waals surface area contributed by atoms with Gasteiger partial charge in [-0.2, -0.15) is 4.72 Å². The molecule has 0 bridgehead atoms. The molecule has 8 nitrogen and oxygen atoms in total. The molecule has 10 heteroatoms. The lowest BCUT2D eigenvalue weighted by atomic mass is 10.1. The second-order valence-corrected chi connectivity index (χ2v) is 9.80. The average molecular weight is 451 g/mol. The van der Waals surface area contributed by atoms with Crippen LogP contribution in [0.3, 0.4) is 0 Å². The normalized spacial score (nSPS) is 12.9. The standard InChI is InChI=1S/C20H22N2O6S2/c1-4-28-20(25)21-12-5-7-14-15-8-6-13(10-17(15)29-16(14)9-12)30(26,27)22-18(11(2)3)19(23)24/h5-11,18,22H,4H2,1-3H3,(H,21,25)(H,23,24)/t18-/m1/s1. The maximum absolute atomic E-state index is 12.7. The van der Waals surface area contributed by atoms with Gasteiger partial charge in [0.2, 0.25) is 10.0 Å². The zero-order valence-corrected chi connectivity index (χ0v) is 18.3. The van der Waals surface area contributed by atoms with E-state index in [-0.39, 0.29) is 11.5 Å². The third-order valence-electron chi connectivity index (χ3n) is 4.49. The topological polar surface area (TPSA) is 122 Å². The maximum Gasteiger partial charge on any atom is 0.411 e. The number of fused-ring (bicyclic) bond motifs is 3. The van der Waals surface area contributed by atoms with Gasteiger partial charge in [0.25, 0.3) is 0 Å². The summed E-state index contributed by atoms with van der Waals surface area (Å²) in [5.41, 5.74) is 0.572. The summed E-state index contributed by atoms with van der Waals surface area (Å²) >= 11 is 1.38. The molecule has 2 aromatic carbocycles. The van der Waals surface area contributed by atoms with Crippen LogP contribution in [0.5, 0.6) is 0 Å². The number of carbonyl (C=O) groups is 2. The van der Waals surface area contributed by atoms with Crippen LogP contribution >= 0.6 is 11.3 Å². The zero-order valence-electron chi connectivity index (χ0n) is 16.6. The number of hydrogen-bond acceptors (Lipinski definition) is 6. The first-order chi connectivity index (χ1) is 14.1. The lowest BCUT2D eigenvalue weighted by Gasteiger charge is -2.18. The molecule has 0 spiro atoms. The van der Waals surface area contributed by atoms with Crippen LogP contribution in [-0.4, -0.2) is 38.2 Å². The van der Waals surface area contributed by atoms with Gasteiger partial charge in [-0.25, -0.2) is 13.2 Å². The second kappa shape index (κ2) is 8.58. The van der Waals surface area contributed by atoms with E-state index < -0.39 is 34.0 Å². The Morgan fingerprint density at radius 2 is 1.73 bits per heavy atom. The van der Waals surface area contributed by atoms with Crippen molar-refractivity contribution in [2.75, 3.05) is 11.9 Å². The lowest BCUT2D eigenvalue weighted by molar-refractivity contribution is -0.140. The summed E-state index contributed by atoms with van der Waals surface area (Å²) in [6, 6.07) is 8.86. The summed E-state index contributed by atoms with van der Waals surface area (Å²) in [7, 11) is -4.01. The van der Waals surface area contributed by atoms with Crippen molar-refractivity contribution in [1.29, 1.82) is 0 Å². The van der Waals surface area contributed by atoms with Gasteiger partial charge in [-0.15, -0.1) is 11.3 Å². The van der Waals surface area contributed by atoms with Crippen LogP contribution in [-0.2, 0) is 19.6 Å². The number of aliphatic carboxylic acids is 1. The average Bonchev–Trinajstić information content (AvgIpc) is 3.02. The van der Waals surface area contributed by atoms with Crippen LogP contribution in [0.1, 0.15) is 20.8 Å². The van der Waals surface area contributed by atoms with E-state index >= 15 is 0 Å². The first-order valence-electron chi connectivity index (χ1n) is 9.27. The van der Waals surface area contributed by atoms with E-state index in [9.17, 15) is 23.1 Å². The molecule has 0 saturated carbocycles. The predicted octanol–water partition coefficient (Wildman–Crippen LogP) is 4.01. The first-order valence-corrected chi connectivity index (χ1v) is 11.6. The van der Waals surface area contributed by atoms with E-state index in [2.05, 4.69) is 10.0 Å². The van der Waals surface area contributed by atoms with Crippen molar-refractivity contribution in [3.63, 3.8) is 0 Å². The summed E-state index contributed by atoms with van der Waals surface area (Å²) < 4.78 is 34.2. The van der Waals surface area contributed by atoms with E-state index in [1.165, 1.54) is 23.5 Å². The number of nitrogens with one attached hydrogen (secondary N) is 2. The molecule has 0 unspecified atom stereocenters. The molecule has 30 heavy (non-hydrogen) atoms. The molecular weight excluding hydrogens is 428 g/mol. The Morgan fingerprint density at radius 3 is 2.33 bits per heavy atom. The molecule has 0 radical (unpaired) electrons. The van der Waals surface area contributed by atoms with E-state index in [1.807, 2.05) is 6.07 Å². The highest BCUT2D eigenvalue weighted by Crippen LogP contribution is 2.36. The summed E-state index contributed by atoms with van der Waals surface area (Å²) in [6.45, 7) is 5.26. The highest BCUT2D eigenvalue weighted by Gasteiger charge is 2.28. The number of sulfonamides is 1. The third-order valence-corrected chi connectivity index (χ3v) is 7.05. The van der Waals surface area contributed by atoms with Crippen molar-refractivity contribution in [3.05, 3.63) is 36.4 Å². The molecule has 3 rings (SSSR count). The van der Waals surface area contributed by atoms with Gasteiger partial charge in [-0.1, -0.05) is 26.0 Å². The Hall–Kier alpha value is -2.69. The van der Waals surface area contributed by atoms with Crippen molar-refractivity contribution in [2.45, 2.75) is 31.7 Å². The molecule has 3 N–H and O–H groups in total. The van der Waals surface area contributed by atoms with Gasteiger partial charge in [0.05, 0.1) is 11.5 Å². The number of carboxylic acid groups (broad SMARTS) is 1. The molecule has 1 aromatic heterocycles. The van der Waals surface area contributed by atoms with E-state index in [0.717, 1.165) is 20.2 Å². The zero-order chi connectivity index (χ0) is 22.1. The van der Waals surface area contributed by atoms with Crippen LogP contribution in [0.15, 0.2) is 41.3 Å². The van der Waals surface area contributed by atoms with Crippen LogP contribution in [0, 0.1) is 5.92 Å². The van der Waals surface area contributed by atoms with Crippen molar-refractivity contribution >= 4 is 59.3 Å². The summed E-state index contributed by atoms with van der Waals surface area (Å²) in [4.78, 5) is 23.0. The number of ether oxygens (including phenoxy) is 1. The molecule has 3 aromatic rings. The van der Waals surface area contributed by atoms with Crippen LogP contribution < -0.4 is 10.0 Å². The summed E-state index contributed by atoms with van der Waals surface area (Å²) in [5, 5.41) is 13.7. The molecule has 0 aliphatic rings. The summed E-state index contributed by atoms with van der Waals surface area (Å²) in [6.07, 6.45) is -0.546. The minimum Gasteiger partial charge on any atom is -0.480 e. The SMILES string of the molecule is CCOC(=O)Nc1ccc2c(c1)sc1cc(S(=O)(=O)N[C@@H](C(=O)O)C(C)C)ccc12. The maximum atomic E-state index is 12.7. The predicted molar refractivity (Wildman–Crippen MR) is 117 cm³/mol. The second-order valence-electron chi connectivity index (χ2n) is 7.00. The molecule has 1 amide bonds. The fraction of sp³-hybridized carbons (Fsp3) is 0.300. The van der Waals surface area contributed by atoms with Gasteiger partial charge < -0.3 is 9.84 Å². The fourth-order valence-corrected chi connectivity index (χ4v) is 5.62. The van der Waals surface area contributed by atoms with Gasteiger partial charge in [0, 0.05) is 25.9 Å². The van der Waals surface area contributed by atoms with Crippen molar-refractivity contribution in [3.8, 4) is 0 Å². The monoisotopic (exact) mass is 450 g/mol. The molecule has 160 valence electrons. The minimum atomic E-state index is -4.01. The molecule has 0 aliphatic carbocycles. The number of anilines is 1. The Morgan fingerprint density at radius 1 is 1.10 bits per heavy atom. The Bertz CT molecular complexity index is 1220. The minimum absolute atomic E-state index is 0.00155. The highest BCUT2D eigenvalue weighted by molar-refractivity contribution is 7.89. The Labute approximate surface area is 177 Å². The van der Waals surface area contributed by atoms with Crippen LogP contribution in [0.2, 0.25) is 0 Å². The number of rotatable bonds is 7. The number of carbonyl (C=O) groups excluding carboxylic acids is 1. The molecule has 0 fully saturated rings. The number of thiophene rings is 1. The molecule has 0 saturated heterocycles. The van der Waals surface area contributed by atoms with Gasteiger partial charge in [-0.3, -0.25) is 10.1 Å². The molecule has 1 heterocycles. The van der Waals surface area contributed by atoms with E-state index in [4.69, 9.17) is 4.74 Å². The van der Waals surface area contributed by atoms with Crippen LogP contribution in [0.4, 0.5) is 10.5 Å². The van der Waals surface area contributed by atoms with E-state index in [1.54, 1.807) is 39.0 Å². The van der Waals surface area contributed by atoms with E-state index in [0.29, 0.717) is 5.69 Å². The quantitative estimate of drug-likeness (QED) is 0.500. The number of amides is 1. The van der Waals surface area contributed by atoms with Gasteiger partial charge in [0.1, 0.15) is 6.04 Å². The molecule has 0 aliphatic heterocycles. The lowest BCUT2D eigenvalue weighted by Crippen LogP contribution is -2.44. The molecule has 1 atom stereocenters. The van der Waals surface area contributed by atoms with Crippen molar-refractivity contribution in [2.24, 2.45) is 5.92 Å². The number of carboxylic acids is 1. The first kappa shape index (κ1) is 22.0. The molecular formula is C20H22N2O6S2. The smallest absolute Gasteiger partial charge is 0.411 e. The number of hydrogen-bond donors (Lipinski definition) is 3. The Balaban J connectivity index is 1.96. The third kappa shape index (κ3) is 4.55. The van der Waals surface area contributed by atoms with Crippen molar-refractivity contribution in [1.82, 2.24) is 4.72 Å². The summed E-state index contributed by atoms with van der Waals surface area (Å²) in [5.74, 6) is -1.63. The van der Waals surface area contributed by atoms with Gasteiger partial charge in [-0.05, 0) is 37.1 Å². The van der Waals surface area contributed by atoms with Crippen LogP contribution in [0.25, 0.3) is 20.2 Å². The highest BCUT2D eigenvalue weighted by atomic mass is 32.2. The fourth-order valence-electron chi connectivity index (χ4n) is 2.99.